The van der Waals surface area contributed by atoms with E-state index in [9.17, 15) is 4.79 Å². The fraction of sp³-hybridized carbons (Fsp3) is 0.444. The summed E-state index contributed by atoms with van der Waals surface area (Å²) in [6.07, 6.45) is 7.32. The lowest BCUT2D eigenvalue weighted by Gasteiger charge is -2.16. The van der Waals surface area contributed by atoms with Crippen LogP contribution in [0.4, 0.5) is 0 Å². The lowest BCUT2D eigenvalue weighted by molar-refractivity contribution is 0.0963. The van der Waals surface area contributed by atoms with Crippen LogP contribution < -0.4 is 16.0 Å². The average Bonchev–Trinajstić information content (AvgIpc) is 3.07. The van der Waals surface area contributed by atoms with Crippen LogP contribution in [0, 0.1) is 0 Å². The van der Waals surface area contributed by atoms with E-state index in [1.54, 1.807) is 7.05 Å². The van der Waals surface area contributed by atoms with Crippen molar-refractivity contribution in [2.45, 2.75) is 32.2 Å². The number of carbonyl (C=O) groups excluding carboxylic acids is 1. The molecule has 0 aliphatic heterocycles. The summed E-state index contributed by atoms with van der Waals surface area (Å²) < 4.78 is 0. The highest BCUT2D eigenvalue weighted by atomic mass is 127. The van der Waals surface area contributed by atoms with Gasteiger partial charge in [0.1, 0.15) is 0 Å². The van der Waals surface area contributed by atoms with Gasteiger partial charge in [0, 0.05) is 31.7 Å². The summed E-state index contributed by atoms with van der Waals surface area (Å²) in [5, 5.41) is 9.38. The zero-order valence-electron chi connectivity index (χ0n) is 14.3. The van der Waals surface area contributed by atoms with E-state index in [4.69, 9.17) is 0 Å². The highest BCUT2D eigenvalue weighted by Gasteiger charge is 2.11. The van der Waals surface area contributed by atoms with Crippen molar-refractivity contribution in [2.24, 2.45) is 4.99 Å². The summed E-state index contributed by atoms with van der Waals surface area (Å²) in [6, 6.07) is 8.14. The monoisotopic (exact) mass is 442 g/mol. The molecule has 0 fully saturated rings. The van der Waals surface area contributed by atoms with E-state index >= 15 is 0 Å². The maximum atomic E-state index is 11.7. The number of nitrogens with one attached hydrogen (secondary N) is 3. The van der Waals surface area contributed by atoms with Gasteiger partial charge in [0.05, 0.1) is 0 Å². The molecule has 2 rings (SSSR count). The first kappa shape index (κ1) is 20.5. The van der Waals surface area contributed by atoms with E-state index in [-0.39, 0.29) is 29.9 Å². The molecular formula is C18H27IN4O. The van der Waals surface area contributed by atoms with Crippen LogP contribution in [-0.4, -0.2) is 38.0 Å². The zero-order valence-corrected chi connectivity index (χ0v) is 16.7. The van der Waals surface area contributed by atoms with E-state index in [1.165, 1.54) is 0 Å². The molecule has 132 valence electrons. The molecule has 0 aromatic heterocycles. The van der Waals surface area contributed by atoms with Crippen LogP contribution in [0.25, 0.3) is 0 Å². The Morgan fingerprint density at radius 3 is 2.71 bits per heavy atom. The number of rotatable bonds is 6. The molecule has 3 N–H and O–H groups in total. The van der Waals surface area contributed by atoms with Crippen molar-refractivity contribution in [3.8, 4) is 0 Å². The number of benzene rings is 1. The molecule has 5 nitrogen and oxygen atoms in total. The molecule has 0 unspecified atom stereocenters. The predicted octanol–water partition coefficient (Wildman–Crippen LogP) is 2.48. The Labute approximate surface area is 161 Å². The molecule has 1 aromatic carbocycles. The summed E-state index contributed by atoms with van der Waals surface area (Å²) in [6.45, 7) is 3.60. The molecule has 0 radical (unpaired) electrons. The van der Waals surface area contributed by atoms with E-state index in [0.29, 0.717) is 18.2 Å². The molecule has 0 saturated heterocycles. The molecule has 24 heavy (non-hydrogen) atoms. The molecule has 1 aromatic rings. The lowest BCUT2D eigenvalue weighted by atomic mass is 10.1. The van der Waals surface area contributed by atoms with E-state index < -0.39 is 0 Å². The van der Waals surface area contributed by atoms with Crippen LogP contribution in [-0.2, 0) is 6.42 Å². The predicted molar refractivity (Wildman–Crippen MR) is 110 cm³/mol. The summed E-state index contributed by atoms with van der Waals surface area (Å²) in [5.41, 5.74) is 1.81. The molecule has 1 aliphatic rings. The third-order valence-corrected chi connectivity index (χ3v) is 3.78. The average molecular weight is 442 g/mol. The molecule has 0 spiro atoms. The van der Waals surface area contributed by atoms with E-state index in [1.807, 2.05) is 24.3 Å². The second-order valence-corrected chi connectivity index (χ2v) is 5.57. The zero-order chi connectivity index (χ0) is 16.5. The standard InChI is InChI=1S/C18H26N4O.HI/c1-3-20-18(22-16-9-4-5-10-16)21-12-11-14-7-6-8-15(13-14)17(23)19-2;/h4-8,13,16H,3,9-12H2,1-2H3,(H,19,23)(H2,20,21,22);1H. The van der Waals surface area contributed by atoms with Gasteiger partial charge in [-0.1, -0.05) is 24.3 Å². The van der Waals surface area contributed by atoms with Gasteiger partial charge >= 0.3 is 0 Å². The Bertz CT molecular complexity index is 578. The van der Waals surface area contributed by atoms with Crippen LogP contribution in [0.15, 0.2) is 41.4 Å². The van der Waals surface area contributed by atoms with Gasteiger partial charge < -0.3 is 16.0 Å². The van der Waals surface area contributed by atoms with Crippen LogP contribution >= 0.6 is 24.0 Å². The Kier molecular flexibility index (Phi) is 9.44. The molecule has 1 aliphatic carbocycles. The number of aliphatic imine (C=N–C) groups is 1. The summed E-state index contributed by atoms with van der Waals surface area (Å²) in [7, 11) is 1.64. The number of hydrogen-bond donors (Lipinski definition) is 3. The molecule has 0 atom stereocenters. The number of carbonyl (C=O) groups is 1. The van der Waals surface area contributed by atoms with Gasteiger partial charge in [-0.2, -0.15) is 0 Å². The third-order valence-electron chi connectivity index (χ3n) is 3.78. The number of guanidine groups is 1. The Hall–Kier alpha value is -1.57. The molecule has 0 bridgehead atoms. The van der Waals surface area contributed by atoms with Crippen molar-refractivity contribution in [1.29, 1.82) is 0 Å². The normalized spacial score (nSPS) is 14.2. The van der Waals surface area contributed by atoms with Crippen molar-refractivity contribution in [3.63, 3.8) is 0 Å². The van der Waals surface area contributed by atoms with Gasteiger partial charge in [-0.15, -0.1) is 24.0 Å². The van der Waals surface area contributed by atoms with Gasteiger partial charge in [-0.05, 0) is 43.9 Å². The second kappa shape index (κ2) is 11.1. The maximum absolute atomic E-state index is 11.7. The number of nitrogens with zero attached hydrogens (tertiary/aromatic N) is 1. The molecule has 0 saturated carbocycles. The van der Waals surface area contributed by atoms with Gasteiger partial charge in [0.25, 0.3) is 5.91 Å². The van der Waals surface area contributed by atoms with Gasteiger partial charge in [-0.3, -0.25) is 9.79 Å². The Balaban J connectivity index is 0.00000288. The lowest BCUT2D eigenvalue weighted by Crippen LogP contribution is -2.42. The molecular weight excluding hydrogens is 415 g/mol. The number of amides is 1. The molecule has 1 amide bonds. The topological polar surface area (TPSA) is 65.5 Å². The largest absolute Gasteiger partial charge is 0.357 e. The first-order valence-electron chi connectivity index (χ1n) is 8.23. The SMILES string of the molecule is CCNC(=NCCc1cccc(C(=O)NC)c1)NC1CC=CC1.I. The molecule has 0 heterocycles. The van der Waals surface area contributed by atoms with E-state index in [0.717, 1.165) is 37.3 Å². The minimum absolute atomic E-state index is 0. The van der Waals surface area contributed by atoms with Crippen molar-refractivity contribution in [3.05, 3.63) is 47.5 Å². The van der Waals surface area contributed by atoms with Crippen molar-refractivity contribution < 1.29 is 4.79 Å². The number of hydrogen-bond acceptors (Lipinski definition) is 2. The van der Waals surface area contributed by atoms with Crippen molar-refractivity contribution >= 4 is 35.8 Å². The number of halogens is 1. The van der Waals surface area contributed by atoms with Crippen LogP contribution in [0.1, 0.15) is 35.7 Å². The third kappa shape index (κ3) is 6.51. The first-order valence-corrected chi connectivity index (χ1v) is 8.23. The minimum atomic E-state index is -0.0564. The van der Waals surface area contributed by atoms with Gasteiger partial charge in [0.15, 0.2) is 5.96 Å². The molecule has 6 heteroatoms. The van der Waals surface area contributed by atoms with Gasteiger partial charge in [-0.25, -0.2) is 0 Å². The van der Waals surface area contributed by atoms with Crippen molar-refractivity contribution in [1.82, 2.24) is 16.0 Å². The van der Waals surface area contributed by atoms with Gasteiger partial charge in [0.2, 0.25) is 0 Å². The quantitative estimate of drug-likeness (QED) is 0.275. The first-order chi connectivity index (χ1) is 11.2. The summed E-state index contributed by atoms with van der Waals surface area (Å²) >= 11 is 0. The fourth-order valence-corrected chi connectivity index (χ4v) is 2.56. The Morgan fingerprint density at radius 2 is 2.04 bits per heavy atom. The van der Waals surface area contributed by atoms with Crippen LogP contribution in [0.5, 0.6) is 0 Å². The summed E-state index contributed by atoms with van der Waals surface area (Å²) in [5.74, 6) is 0.808. The van der Waals surface area contributed by atoms with Crippen LogP contribution in [0.3, 0.4) is 0 Å². The van der Waals surface area contributed by atoms with Crippen LogP contribution in [0.2, 0.25) is 0 Å². The highest BCUT2D eigenvalue weighted by molar-refractivity contribution is 14.0. The summed E-state index contributed by atoms with van der Waals surface area (Å²) in [4.78, 5) is 16.3. The van der Waals surface area contributed by atoms with E-state index in [2.05, 4.69) is 40.0 Å². The fourth-order valence-electron chi connectivity index (χ4n) is 2.56. The smallest absolute Gasteiger partial charge is 0.251 e. The second-order valence-electron chi connectivity index (χ2n) is 5.57. The maximum Gasteiger partial charge on any atom is 0.251 e. The minimum Gasteiger partial charge on any atom is -0.357 e. The Morgan fingerprint density at radius 1 is 1.29 bits per heavy atom. The highest BCUT2D eigenvalue weighted by Crippen LogP contribution is 2.09. The van der Waals surface area contributed by atoms with Crippen molar-refractivity contribution in [2.75, 3.05) is 20.1 Å².